The number of thioether (sulfide) groups is 1. The molecule has 0 unspecified atom stereocenters. The number of aryl methyl sites for hydroxylation is 1. The third-order valence-electron chi connectivity index (χ3n) is 7.95. The predicted molar refractivity (Wildman–Crippen MR) is 154 cm³/mol. The van der Waals surface area contributed by atoms with Crippen molar-refractivity contribution in [2.24, 2.45) is 0 Å². The fourth-order valence-corrected chi connectivity index (χ4v) is 7.07. The maximum absolute atomic E-state index is 14.6. The lowest BCUT2D eigenvalue weighted by Gasteiger charge is -2.42. The van der Waals surface area contributed by atoms with Crippen LogP contribution in [0.1, 0.15) is 54.4 Å². The van der Waals surface area contributed by atoms with Gasteiger partial charge in [-0.3, -0.25) is 14.2 Å². The van der Waals surface area contributed by atoms with Crippen LogP contribution >= 0.6 is 23.4 Å². The van der Waals surface area contributed by atoms with Gasteiger partial charge in [-0.25, -0.2) is 4.98 Å². The molecule has 1 spiro atoms. The Hall–Kier alpha value is -3.15. The number of rotatable bonds is 4. The van der Waals surface area contributed by atoms with Gasteiger partial charge in [0.2, 0.25) is 5.12 Å². The van der Waals surface area contributed by atoms with Crippen molar-refractivity contribution in [3.05, 3.63) is 110 Å². The second kappa shape index (κ2) is 10.2. The lowest BCUT2D eigenvalue weighted by molar-refractivity contribution is -0.110. The number of carbonyl (C=O) groups is 1. The minimum Gasteiger partial charge on any atom is -0.286 e. The largest absolute Gasteiger partial charge is 0.286 e. The Kier molecular flexibility index (Phi) is 6.75. The van der Waals surface area contributed by atoms with Gasteiger partial charge in [-0.15, -0.1) is 0 Å². The summed E-state index contributed by atoms with van der Waals surface area (Å²) in [6.45, 7) is 2.02. The van der Waals surface area contributed by atoms with Crippen LogP contribution in [0.5, 0.6) is 0 Å². The molecule has 3 aromatic carbocycles. The van der Waals surface area contributed by atoms with E-state index in [1.54, 1.807) is 16.7 Å². The van der Waals surface area contributed by atoms with Gasteiger partial charge in [-0.2, -0.15) is 0 Å². The molecule has 0 aliphatic heterocycles. The monoisotopic (exact) mass is 540 g/mol. The van der Waals surface area contributed by atoms with Gasteiger partial charge >= 0.3 is 0 Å². The van der Waals surface area contributed by atoms with E-state index in [9.17, 15) is 9.59 Å². The highest BCUT2D eigenvalue weighted by atomic mass is 35.5. The smallest absolute Gasteiger partial charge is 0.263 e. The topological polar surface area (TPSA) is 52.0 Å². The van der Waals surface area contributed by atoms with Crippen LogP contribution in [0.2, 0.25) is 5.02 Å². The molecule has 6 rings (SSSR count). The first-order chi connectivity index (χ1) is 18.4. The second-order valence-electron chi connectivity index (χ2n) is 10.5. The lowest BCUT2D eigenvalue weighted by Crippen LogP contribution is -2.43. The fourth-order valence-electron chi connectivity index (χ4n) is 6.08. The quantitative estimate of drug-likeness (QED) is 0.199. The van der Waals surface area contributed by atoms with Gasteiger partial charge in [0.1, 0.15) is 0 Å². The molecule has 38 heavy (non-hydrogen) atoms. The van der Waals surface area contributed by atoms with E-state index >= 15 is 0 Å². The summed E-state index contributed by atoms with van der Waals surface area (Å²) in [4.78, 5) is 33.0. The van der Waals surface area contributed by atoms with Gasteiger partial charge in [0, 0.05) is 22.4 Å². The van der Waals surface area contributed by atoms with E-state index in [0.717, 1.165) is 77.5 Å². The van der Waals surface area contributed by atoms with E-state index in [1.165, 1.54) is 12.0 Å². The predicted octanol–water partition coefficient (Wildman–Crippen LogP) is 7.48. The molecule has 2 aliphatic carbocycles. The highest BCUT2D eigenvalue weighted by molar-refractivity contribution is 8.13. The van der Waals surface area contributed by atoms with E-state index in [-0.39, 0.29) is 22.5 Å². The summed E-state index contributed by atoms with van der Waals surface area (Å²) in [5, 5.41) is 0.976. The number of hydrogen-bond acceptors (Lipinski definition) is 4. The minimum atomic E-state index is -0.213. The van der Waals surface area contributed by atoms with E-state index in [0.29, 0.717) is 10.2 Å². The van der Waals surface area contributed by atoms with Crippen molar-refractivity contribution in [3.63, 3.8) is 0 Å². The van der Waals surface area contributed by atoms with Crippen LogP contribution in [0.25, 0.3) is 16.9 Å². The number of fused-ring (bicyclic) bond motifs is 4. The molecular weight excluding hydrogens is 512 g/mol. The minimum absolute atomic E-state index is 0.0444. The summed E-state index contributed by atoms with van der Waals surface area (Å²) in [6, 6.07) is 23.5. The molecule has 0 atom stereocenters. The normalized spacial score (nSPS) is 15.6. The average molecular weight is 541 g/mol. The Bertz CT molecular complexity index is 1570. The SMILES string of the molecule is Cc1ccc(-n2c(SC(=O)Cc3ccc(Cl)cc3)nc3c(c2=O)C2(CCCCC2)Cc2ccccc2-3)cc1. The van der Waals surface area contributed by atoms with Crippen LogP contribution in [-0.2, 0) is 23.1 Å². The summed E-state index contributed by atoms with van der Waals surface area (Å²) >= 11 is 7.07. The highest BCUT2D eigenvalue weighted by Gasteiger charge is 2.43. The first kappa shape index (κ1) is 25.1. The molecule has 1 saturated carbocycles. The Morgan fingerprint density at radius 2 is 1.68 bits per heavy atom. The van der Waals surface area contributed by atoms with Crippen LogP contribution in [0.3, 0.4) is 0 Å². The third kappa shape index (κ3) is 4.63. The highest BCUT2D eigenvalue weighted by Crippen LogP contribution is 2.49. The molecule has 4 aromatic rings. The van der Waals surface area contributed by atoms with Gasteiger partial charge in [0.15, 0.2) is 5.16 Å². The molecule has 6 heteroatoms. The molecule has 4 nitrogen and oxygen atoms in total. The van der Waals surface area contributed by atoms with Crippen molar-refractivity contribution < 1.29 is 4.79 Å². The zero-order valence-electron chi connectivity index (χ0n) is 21.4. The fraction of sp³-hybridized carbons (Fsp3) is 0.281. The van der Waals surface area contributed by atoms with Crippen LogP contribution in [0.15, 0.2) is 82.7 Å². The standard InChI is InChI=1S/C32H29ClN2O2S/c1-21-9-15-25(16-10-21)35-30(37)28-29(34-31(35)38-27(36)19-22-11-13-24(33)14-12-22)26-8-4-3-7-23(26)20-32(28)17-5-2-6-18-32/h3-4,7-16H,2,5-6,17-20H2,1H3. The van der Waals surface area contributed by atoms with Crippen molar-refractivity contribution in [1.82, 2.24) is 9.55 Å². The van der Waals surface area contributed by atoms with Gasteiger partial charge in [-0.1, -0.05) is 85.0 Å². The molecule has 2 aliphatic rings. The van der Waals surface area contributed by atoms with Crippen LogP contribution in [0.4, 0.5) is 0 Å². The molecule has 0 N–H and O–H groups in total. The first-order valence-electron chi connectivity index (χ1n) is 13.2. The van der Waals surface area contributed by atoms with Crippen LogP contribution < -0.4 is 5.56 Å². The second-order valence-corrected chi connectivity index (χ2v) is 12.0. The van der Waals surface area contributed by atoms with Gasteiger partial charge in [0.25, 0.3) is 5.56 Å². The van der Waals surface area contributed by atoms with Gasteiger partial charge in [0.05, 0.1) is 16.9 Å². The van der Waals surface area contributed by atoms with E-state index < -0.39 is 0 Å². The van der Waals surface area contributed by atoms with Crippen molar-refractivity contribution in [3.8, 4) is 16.9 Å². The van der Waals surface area contributed by atoms with Crippen molar-refractivity contribution >= 4 is 28.5 Å². The van der Waals surface area contributed by atoms with Gasteiger partial charge < -0.3 is 0 Å². The maximum atomic E-state index is 14.6. The Balaban J connectivity index is 1.53. The van der Waals surface area contributed by atoms with Crippen molar-refractivity contribution in [2.75, 3.05) is 0 Å². The average Bonchev–Trinajstić information content (AvgIpc) is 2.91. The molecule has 0 radical (unpaired) electrons. The molecular formula is C32H29ClN2O2S. The van der Waals surface area contributed by atoms with E-state index in [4.69, 9.17) is 16.6 Å². The number of hydrogen-bond donors (Lipinski definition) is 0. The molecule has 1 aromatic heterocycles. The Morgan fingerprint density at radius 1 is 0.974 bits per heavy atom. The number of aromatic nitrogens is 2. The molecule has 192 valence electrons. The zero-order chi connectivity index (χ0) is 26.3. The van der Waals surface area contributed by atoms with E-state index in [2.05, 4.69) is 18.2 Å². The number of halogens is 1. The summed E-state index contributed by atoms with van der Waals surface area (Å²) in [5.41, 5.74) is 6.30. The molecule has 1 fully saturated rings. The maximum Gasteiger partial charge on any atom is 0.263 e. The number of nitrogens with zero attached hydrogens (tertiary/aromatic N) is 2. The number of benzene rings is 3. The molecule has 0 bridgehead atoms. The molecule has 1 heterocycles. The summed E-state index contributed by atoms with van der Waals surface area (Å²) in [7, 11) is 0. The van der Waals surface area contributed by atoms with Gasteiger partial charge in [-0.05, 0) is 73.3 Å². The Labute approximate surface area is 232 Å². The molecule has 0 saturated heterocycles. The first-order valence-corrected chi connectivity index (χ1v) is 14.4. The van der Waals surface area contributed by atoms with Crippen molar-refractivity contribution in [1.29, 1.82) is 0 Å². The summed E-state index contributed by atoms with van der Waals surface area (Å²) in [6.07, 6.45) is 6.49. The zero-order valence-corrected chi connectivity index (χ0v) is 22.9. The van der Waals surface area contributed by atoms with Crippen LogP contribution in [-0.4, -0.2) is 14.7 Å². The number of carbonyl (C=O) groups excluding carboxylic acids is 1. The lowest BCUT2D eigenvalue weighted by atomic mass is 9.62. The Morgan fingerprint density at radius 3 is 2.42 bits per heavy atom. The van der Waals surface area contributed by atoms with Crippen LogP contribution in [0, 0.1) is 6.92 Å². The molecule has 0 amide bonds. The van der Waals surface area contributed by atoms with Crippen molar-refractivity contribution in [2.45, 2.75) is 62.4 Å². The third-order valence-corrected chi connectivity index (χ3v) is 9.03. The van der Waals surface area contributed by atoms with E-state index in [1.807, 2.05) is 49.4 Å². The summed E-state index contributed by atoms with van der Waals surface area (Å²) < 4.78 is 1.67. The summed E-state index contributed by atoms with van der Waals surface area (Å²) in [5.74, 6) is 0.